The van der Waals surface area contributed by atoms with Gasteiger partial charge in [0.2, 0.25) is 0 Å². The summed E-state index contributed by atoms with van der Waals surface area (Å²) >= 11 is 0. The number of aromatic nitrogens is 3. The lowest BCUT2D eigenvalue weighted by atomic mass is 10.2. The zero-order valence-corrected chi connectivity index (χ0v) is 15.8. The molecule has 0 fully saturated rings. The Bertz CT molecular complexity index is 1090. The van der Waals surface area contributed by atoms with Gasteiger partial charge in [-0.2, -0.15) is 0 Å². The van der Waals surface area contributed by atoms with Gasteiger partial charge in [0.1, 0.15) is 23.2 Å². The van der Waals surface area contributed by atoms with Crippen molar-refractivity contribution < 1.29 is 4.74 Å². The number of anilines is 4. The van der Waals surface area contributed by atoms with Gasteiger partial charge in [0.15, 0.2) is 0 Å². The summed E-state index contributed by atoms with van der Waals surface area (Å²) in [4.78, 5) is 13.5. The minimum Gasteiger partial charge on any atom is -0.494 e. The van der Waals surface area contributed by atoms with Crippen molar-refractivity contribution in [1.29, 1.82) is 0 Å². The maximum atomic E-state index is 5.48. The molecule has 0 aliphatic carbocycles. The molecule has 4 rings (SSSR count). The molecule has 2 heterocycles. The fourth-order valence-corrected chi connectivity index (χ4v) is 2.99. The van der Waals surface area contributed by atoms with Crippen LogP contribution in [-0.2, 0) is 0 Å². The van der Waals surface area contributed by atoms with Crippen molar-refractivity contribution in [2.24, 2.45) is 0 Å². The molecule has 0 bridgehead atoms. The molecule has 2 aromatic carbocycles. The summed E-state index contributed by atoms with van der Waals surface area (Å²) in [5, 5.41) is 7.76. The second-order valence-corrected chi connectivity index (χ2v) is 6.27. The number of pyridine rings is 1. The maximum absolute atomic E-state index is 5.48. The summed E-state index contributed by atoms with van der Waals surface area (Å²) in [7, 11) is 0. The molecule has 0 radical (unpaired) electrons. The Kier molecular flexibility index (Phi) is 5.01. The van der Waals surface area contributed by atoms with Gasteiger partial charge in [-0.25, -0.2) is 9.97 Å². The number of para-hydroxylation sites is 1. The van der Waals surface area contributed by atoms with E-state index in [1.165, 1.54) is 0 Å². The Balaban J connectivity index is 1.58. The average molecular weight is 371 g/mol. The van der Waals surface area contributed by atoms with Crippen LogP contribution in [-0.4, -0.2) is 21.6 Å². The van der Waals surface area contributed by atoms with Gasteiger partial charge in [-0.1, -0.05) is 18.2 Å². The topological polar surface area (TPSA) is 72.0 Å². The van der Waals surface area contributed by atoms with E-state index in [2.05, 4.69) is 25.6 Å². The number of fused-ring (bicyclic) bond motifs is 1. The molecule has 0 aliphatic heterocycles. The summed E-state index contributed by atoms with van der Waals surface area (Å²) in [6.07, 6.45) is 1.79. The highest BCUT2D eigenvalue weighted by atomic mass is 16.5. The Morgan fingerprint density at radius 3 is 2.43 bits per heavy atom. The highest BCUT2D eigenvalue weighted by Crippen LogP contribution is 2.26. The molecule has 0 unspecified atom stereocenters. The molecule has 2 N–H and O–H groups in total. The summed E-state index contributed by atoms with van der Waals surface area (Å²) in [6.45, 7) is 4.49. The molecule has 6 nitrogen and oxygen atoms in total. The van der Waals surface area contributed by atoms with Crippen molar-refractivity contribution in [2.45, 2.75) is 13.8 Å². The number of hydrogen-bond donors (Lipinski definition) is 2. The molecule has 0 saturated heterocycles. The quantitative estimate of drug-likeness (QED) is 0.484. The van der Waals surface area contributed by atoms with E-state index in [1.54, 1.807) is 6.20 Å². The Hall–Kier alpha value is -3.67. The minimum absolute atomic E-state index is 0.649. The van der Waals surface area contributed by atoms with E-state index in [-0.39, 0.29) is 0 Å². The number of nitrogens with one attached hydrogen (secondary N) is 2. The van der Waals surface area contributed by atoms with E-state index in [0.29, 0.717) is 24.1 Å². The largest absolute Gasteiger partial charge is 0.494 e. The molecule has 140 valence electrons. The van der Waals surface area contributed by atoms with Crippen molar-refractivity contribution in [3.05, 3.63) is 72.7 Å². The SMILES string of the molecule is CCOc1ccc(Nc2cc(Nc3cccc4cccnc34)nc(C)n2)cc1. The first kappa shape index (κ1) is 17.7. The Morgan fingerprint density at radius 1 is 0.893 bits per heavy atom. The summed E-state index contributed by atoms with van der Waals surface area (Å²) in [6, 6.07) is 19.7. The molecule has 0 aliphatic rings. The van der Waals surface area contributed by atoms with Crippen molar-refractivity contribution in [3.8, 4) is 5.75 Å². The molecule has 4 aromatic rings. The third kappa shape index (κ3) is 4.01. The second kappa shape index (κ2) is 7.92. The first-order chi connectivity index (χ1) is 13.7. The smallest absolute Gasteiger partial charge is 0.136 e. The molecular formula is C22H21N5O. The number of rotatable bonds is 6. The second-order valence-electron chi connectivity index (χ2n) is 6.27. The predicted octanol–water partition coefficient (Wildman–Crippen LogP) is 5.22. The highest BCUT2D eigenvalue weighted by molar-refractivity contribution is 5.91. The van der Waals surface area contributed by atoms with Crippen LogP contribution < -0.4 is 15.4 Å². The summed E-state index contributed by atoms with van der Waals surface area (Å²) < 4.78 is 5.48. The minimum atomic E-state index is 0.649. The lowest BCUT2D eigenvalue weighted by Crippen LogP contribution is -2.02. The van der Waals surface area contributed by atoms with E-state index in [1.807, 2.05) is 74.5 Å². The molecule has 0 saturated carbocycles. The third-order valence-corrected chi connectivity index (χ3v) is 4.17. The van der Waals surface area contributed by atoms with E-state index >= 15 is 0 Å². The highest BCUT2D eigenvalue weighted by Gasteiger charge is 2.06. The normalized spacial score (nSPS) is 10.6. The van der Waals surface area contributed by atoms with Crippen LogP contribution in [0.25, 0.3) is 10.9 Å². The first-order valence-electron chi connectivity index (χ1n) is 9.17. The van der Waals surface area contributed by atoms with Gasteiger partial charge in [-0.15, -0.1) is 0 Å². The van der Waals surface area contributed by atoms with Crippen LogP contribution in [0.15, 0.2) is 66.9 Å². The van der Waals surface area contributed by atoms with Crippen molar-refractivity contribution >= 4 is 33.9 Å². The molecule has 28 heavy (non-hydrogen) atoms. The van der Waals surface area contributed by atoms with Gasteiger partial charge in [-0.05, 0) is 50.2 Å². The van der Waals surface area contributed by atoms with Crippen molar-refractivity contribution in [3.63, 3.8) is 0 Å². The molecule has 0 atom stereocenters. The van der Waals surface area contributed by atoms with Gasteiger partial charge in [0.25, 0.3) is 0 Å². The standard InChI is InChI=1S/C22H21N5O/c1-3-28-18-11-9-17(10-12-18)26-20-14-21(25-15(2)24-20)27-19-8-4-6-16-7-5-13-23-22(16)19/h4-14H,3H2,1-2H3,(H2,24,25,26,27). The first-order valence-corrected chi connectivity index (χ1v) is 9.17. The van der Waals surface area contributed by atoms with Crippen LogP contribution in [0.1, 0.15) is 12.7 Å². The fourth-order valence-electron chi connectivity index (χ4n) is 2.99. The molecule has 0 amide bonds. The predicted molar refractivity (Wildman–Crippen MR) is 113 cm³/mol. The number of aryl methyl sites for hydroxylation is 1. The Morgan fingerprint density at radius 2 is 1.64 bits per heavy atom. The average Bonchev–Trinajstić information content (AvgIpc) is 2.70. The summed E-state index contributed by atoms with van der Waals surface area (Å²) in [5.41, 5.74) is 2.74. The number of nitrogens with zero attached hydrogens (tertiary/aromatic N) is 3. The number of hydrogen-bond acceptors (Lipinski definition) is 6. The zero-order valence-electron chi connectivity index (χ0n) is 15.8. The van der Waals surface area contributed by atoms with Crippen LogP contribution in [0.3, 0.4) is 0 Å². The van der Waals surface area contributed by atoms with Crippen LogP contribution in [0.5, 0.6) is 5.75 Å². The summed E-state index contributed by atoms with van der Waals surface area (Å²) in [5.74, 6) is 2.94. The van der Waals surface area contributed by atoms with E-state index < -0.39 is 0 Å². The molecule has 6 heteroatoms. The maximum Gasteiger partial charge on any atom is 0.136 e. The fraction of sp³-hybridized carbons (Fsp3) is 0.136. The van der Waals surface area contributed by atoms with Gasteiger partial charge < -0.3 is 15.4 Å². The van der Waals surface area contributed by atoms with Gasteiger partial charge >= 0.3 is 0 Å². The molecule has 0 spiro atoms. The number of ether oxygens (including phenoxy) is 1. The van der Waals surface area contributed by atoms with Gasteiger partial charge in [0, 0.05) is 23.3 Å². The van der Waals surface area contributed by atoms with Gasteiger partial charge in [-0.3, -0.25) is 4.98 Å². The lowest BCUT2D eigenvalue weighted by molar-refractivity contribution is 0.340. The van der Waals surface area contributed by atoms with Crippen LogP contribution in [0.2, 0.25) is 0 Å². The number of benzene rings is 2. The van der Waals surface area contributed by atoms with Crippen molar-refractivity contribution in [1.82, 2.24) is 15.0 Å². The third-order valence-electron chi connectivity index (χ3n) is 4.17. The van der Waals surface area contributed by atoms with Crippen LogP contribution in [0.4, 0.5) is 23.0 Å². The van der Waals surface area contributed by atoms with E-state index in [9.17, 15) is 0 Å². The van der Waals surface area contributed by atoms with E-state index in [4.69, 9.17) is 4.74 Å². The Labute approximate surface area is 163 Å². The molecular weight excluding hydrogens is 350 g/mol. The van der Waals surface area contributed by atoms with Crippen molar-refractivity contribution in [2.75, 3.05) is 17.2 Å². The van der Waals surface area contributed by atoms with Gasteiger partial charge in [0.05, 0.1) is 17.8 Å². The molecule has 2 aromatic heterocycles. The monoisotopic (exact) mass is 371 g/mol. The zero-order chi connectivity index (χ0) is 19.3. The van der Waals surface area contributed by atoms with Crippen LogP contribution >= 0.6 is 0 Å². The lowest BCUT2D eigenvalue weighted by Gasteiger charge is -2.12. The van der Waals surface area contributed by atoms with Crippen LogP contribution in [0, 0.1) is 6.92 Å². The van der Waals surface area contributed by atoms with E-state index in [0.717, 1.165) is 28.0 Å².